The third kappa shape index (κ3) is 1.90. The van der Waals surface area contributed by atoms with Gasteiger partial charge in [-0.3, -0.25) is 0 Å². The number of nitrogens with two attached hydrogens (primary N) is 1. The summed E-state index contributed by atoms with van der Waals surface area (Å²) in [6.07, 6.45) is 1.15. The molecule has 1 aromatic carbocycles. The standard InChI is InChI=1S/C13H18N4O/c1-16(2)10-5-6-17(8-10)13-15-11-4-3-9(14)7-12(11)18-13/h3-4,7,10H,5-6,8,14H2,1-2H3. The van der Waals surface area contributed by atoms with Crippen LogP contribution in [0.1, 0.15) is 6.42 Å². The summed E-state index contributed by atoms with van der Waals surface area (Å²) in [4.78, 5) is 8.96. The van der Waals surface area contributed by atoms with Gasteiger partial charge in [-0.1, -0.05) is 0 Å². The van der Waals surface area contributed by atoms with Gasteiger partial charge in [-0.25, -0.2) is 0 Å². The van der Waals surface area contributed by atoms with E-state index in [2.05, 4.69) is 28.9 Å². The van der Waals surface area contributed by atoms with Gasteiger partial charge in [-0.05, 0) is 32.6 Å². The highest BCUT2D eigenvalue weighted by atomic mass is 16.4. The first kappa shape index (κ1) is 11.3. The molecular formula is C13H18N4O. The number of nitrogens with zero attached hydrogens (tertiary/aromatic N) is 3. The summed E-state index contributed by atoms with van der Waals surface area (Å²) in [5.41, 5.74) is 8.08. The van der Waals surface area contributed by atoms with Crippen LogP contribution in [-0.4, -0.2) is 43.1 Å². The predicted molar refractivity (Wildman–Crippen MR) is 72.7 cm³/mol. The fourth-order valence-corrected chi connectivity index (χ4v) is 2.40. The second-order valence-corrected chi connectivity index (χ2v) is 5.08. The first-order chi connectivity index (χ1) is 8.63. The maximum atomic E-state index is 5.78. The molecule has 18 heavy (non-hydrogen) atoms. The van der Waals surface area contributed by atoms with E-state index in [4.69, 9.17) is 10.2 Å². The van der Waals surface area contributed by atoms with Crippen molar-refractivity contribution in [3.05, 3.63) is 18.2 Å². The zero-order valence-corrected chi connectivity index (χ0v) is 10.8. The van der Waals surface area contributed by atoms with Crippen molar-refractivity contribution in [2.45, 2.75) is 12.5 Å². The number of fused-ring (bicyclic) bond motifs is 1. The molecule has 1 fully saturated rings. The SMILES string of the molecule is CN(C)C1CCN(c2nc3ccc(N)cc3o2)C1. The minimum atomic E-state index is 0.574. The second-order valence-electron chi connectivity index (χ2n) is 5.08. The molecule has 0 aliphatic carbocycles. The number of benzene rings is 1. The van der Waals surface area contributed by atoms with Gasteiger partial charge in [0.15, 0.2) is 5.58 Å². The van der Waals surface area contributed by atoms with Crippen molar-refractivity contribution in [3.63, 3.8) is 0 Å². The van der Waals surface area contributed by atoms with Crippen LogP contribution in [-0.2, 0) is 0 Å². The van der Waals surface area contributed by atoms with Crippen LogP contribution in [0, 0.1) is 0 Å². The first-order valence-electron chi connectivity index (χ1n) is 6.21. The van der Waals surface area contributed by atoms with Crippen LogP contribution >= 0.6 is 0 Å². The average molecular weight is 246 g/mol. The molecule has 2 heterocycles. The van der Waals surface area contributed by atoms with Crippen LogP contribution in [0.3, 0.4) is 0 Å². The van der Waals surface area contributed by atoms with Gasteiger partial charge in [-0.15, -0.1) is 0 Å². The van der Waals surface area contributed by atoms with Gasteiger partial charge in [0, 0.05) is 30.9 Å². The molecule has 3 rings (SSSR count). The van der Waals surface area contributed by atoms with Crippen LogP contribution in [0.2, 0.25) is 0 Å². The molecule has 2 aromatic rings. The minimum Gasteiger partial charge on any atom is -0.423 e. The highest BCUT2D eigenvalue weighted by molar-refractivity contribution is 5.78. The molecule has 0 spiro atoms. The van der Waals surface area contributed by atoms with Gasteiger partial charge >= 0.3 is 0 Å². The second kappa shape index (κ2) is 4.17. The zero-order valence-electron chi connectivity index (χ0n) is 10.8. The maximum absolute atomic E-state index is 5.78. The molecule has 5 nitrogen and oxygen atoms in total. The molecule has 0 bridgehead atoms. The largest absolute Gasteiger partial charge is 0.423 e. The molecule has 1 saturated heterocycles. The number of nitrogen functional groups attached to an aromatic ring is 1. The van der Waals surface area contributed by atoms with Crippen LogP contribution in [0.4, 0.5) is 11.7 Å². The van der Waals surface area contributed by atoms with E-state index in [1.54, 1.807) is 0 Å². The summed E-state index contributed by atoms with van der Waals surface area (Å²) in [7, 11) is 4.22. The third-order valence-electron chi connectivity index (χ3n) is 3.57. The van der Waals surface area contributed by atoms with Gasteiger partial charge in [0.2, 0.25) is 0 Å². The smallest absolute Gasteiger partial charge is 0.298 e. The van der Waals surface area contributed by atoms with Crippen molar-refractivity contribution >= 4 is 22.8 Å². The van der Waals surface area contributed by atoms with E-state index in [1.165, 1.54) is 0 Å². The fraction of sp³-hybridized carbons (Fsp3) is 0.462. The first-order valence-corrected chi connectivity index (χ1v) is 6.21. The van der Waals surface area contributed by atoms with E-state index < -0.39 is 0 Å². The number of aromatic nitrogens is 1. The van der Waals surface area contributed by atoms with E-state index >= 15 is 0 Å². The van der Waals surface area contributed by atoms with E-state index in [0.717, 1.165) is 30.6 Å². The van der Waals surface area contributed by atoms with Gasteiger partial charge in [0.25, 0.3) is 6.01 Å². The number of hydrogen-bond donors (Lipinski definition) is 1. The lowest BCUT2D eigenvalue weighted by atomic mass is 10.2. The van der Waals surface area contributed by atoms with Crippen molar-refractivity contribution in [2.75, 3.05) is 37.8 Å². The van der Waals surface area contributed by atoms with Crippen LogP contribution < -0.4 is 10.6 Å². The Morgan fingerprint density at radius 1 is 1.44 bits per heavy atom. The Hall–Kier alpha value is -1.75. The number of anilines is 2. The molecule has 1 aromatic heterocycles. The Labute approximate surface area is 106 Å². The van der Waals surface area contributed by atoms with Gasteiger partial charge < -0.3 is 20.0 Å². The molecule has 1 unspecified atom stereocenters. The lowest BCUT2D eigenvalue weighted by molar-refractivity contribution is 0.315. The predicted octanol–water partition coefficient (Wildman–Crippen LogP) is 1.55. The molecule has 1 aliphatic rings. The Balaban J connectivity index is 1.87. The normalized spacial score (nSPS) is 20.2. The Morgan fingerprint density at radius 3 is 3.00 bits per heavy atom. The summed E-state index contributed by atoms with van der Waals surface area (Å²) in [5.74, 6) is 0. The van der Waals surface area contributed by atoms with Crippen LogP contribution in [0.15, 0.2) is 22.6 Å². The Kier molecular flexibility index (Phi) is 2.63. The summed E-state index contributed by atoms with van der Waals surface area (Å²) in [5, 5.41) is 0. The Bertz CT molecular complexity index is 563. The summed E-state index contributed by atoms with van der Waals surface area (Å²) < 4.78 is 5.78. The monoisotopic (exact) mass is 246 g/mol. The van der Waals surface area contributed by atoms with Crippen molar-refractivity contribution in [1.82, 2.24) is 9.88 Å². The average Bonchev–Trinajstić information content (AvgIpc) is 2.93. The summed E-state index contributed by atoms with van der Waals surface area (Å²) in [6, 6.07) is 6.86. The van der Waals surface area contributed by atoms with Crippen molar-refractivity contribution in [1.29, 1.82) is 0 Å². The number of likely N-dealkylation sites (N-methyl/N-ethyl adjacent to an activating group) is 1. The van der Waals surface area contributed by atoms with E-state index in [0.29, 0.717) is 17.7 Å². The molecule has 96 valence electrons. The van der Waals surface area contributed by atoms with Crippen LogP contribution in [0.25, 0.3) is 11.1 Å². The maximum Gasteiger partial charge on any atom is 0.298 e. The summed E-state index contributed by atoms with van der Waals surface area (Å²) >= 11 is 0. The molecule has 0 saturated carbocycles. The molecule has 5 heteroatoms. The summed E-state index contributed by atoms with van der Waals surface area (Å²) in [6.45, 7) is 1.96. The van der Waals surface area contributed by atoms with Gasteiger partial charge in [0.05, 0.1) is 0 Å². The highest BCUT2D eigenvalue weighted by Gasteiger charge is 2.27. The lowest BCUT2D eigenvalue weighted by Gasteiger charge is -2.19. The quantitative estimate of drug-likeness (QED) is 0.815. The lowest BCUT2D eigenvalue weighted by Crippen LogP contribution is -2.31. The van der Waals surface area contributed by atoms with Gasteiger partial charge in [0.1, 0.15) is 5.52 Å². The van der Waals surface area contributed by atoms with E-state index in [1.807, 2.05) is 18.2 Å². The number of rotatable bonds is 2. The fourth-order valence-electron chi connectivity index (χ4n) is 2.40. The van der Waals surface area contributed by atoms with E-state index in [9.17, 15) is 0 Å². The number of oxazole rings is 1. The topological polar surface area (TPSA) is 58.5 Å². The number of hydrogen-bond acceptors (Lipinski definition) is 5. The Morgan fingerprint density at radius 2 is 2.28 bits per heavy atom. The molecule has 0 radical (unpaired) electrons. The molecule has 1 aliphatic heterocycles. The van der Waals surface area contributed by atoms with Crippen molar-refractivity contribution in [3.8, 4) is 0 Å². The third-order valence-corrected chi connectivity index (χ3v) is 3.57. The van der Waals surface area contributed by atoms with Gasteiger partial charge in [-0.2, -0.15) is 4.98 Å². The molecule has 0 amide bonds. The minimum absolute atomic E-state index is 0.574. The van der Waals surface area contributed by atoms with Crippen molar-refractivity contribution in [2.24, 2.45) is 0 Å². The van der Waals surface area contributed by atoms with Crippen molar-refractivity contribution < 1.29 is 4.42 Å². The zero-order chi connectivity index (χ0) is 12.7. The molecule has 1 atom stereocenters. The van der Waals surface area contributed by atoms with E-state index in [-0.39, 0.29) is 0 Å². The molecule has 2 N–H and O–H groups in total. The molecular weight excluding hydrogens is 228 g/mol. The highest BCUT2D eigenvalue weighted by Crippen LogP contribution is 2.26. The van der Waals surface area contributed by atoms with Crippen LogP contribution in [0.5, 0.6) is 0 Å².